The molecule has 1 aromatic heterocycles. The lowest BCUT2D eigenvalue weighted by atomic mass is 9.96. The third-order valence-electron chi connectivity index (χ3n) is 4.91. The van der Waals surface area contributed by atoms with Gasteiger partial charge in [0.1, 0.15) is 5.82 Å². The summed E-state index contributed by atoms with van der Waals surface area (Å²) in [5, 5.41) is 10.4. The highest BCUT2D eigenvalue weighted by Gasteiger charge is 2.29. The minimum absolute atomic E-state index is 0.149. The van der Waals surface area contributed by atoms with Crippen molar-refractivity contribution in [3.8, 4) is 11.5 Å². The van der Waals surface area contributed by atoms with E-state index in [1.807, 2.05) is 6.07 Å². The van der Waals surface area contributed by atoms with Crippen LogP contribution in [0.4, 0.5) is 10.1 Å². The van der Waals surface area contributed by atoms with Crippen LogP contribution in [0, 0.1) is 11.7 Å². The van der Waals surface area contributed by atoms with Gasteiger partial charge in [-0.25, -0.2) is 4.39 Å². The molecule has 29 heavy (non-hydrogen) atoms. The number of hydrogen-bond acceptors (Lipinski definition) is 5. The van der Waals surface area contributed by atoms with Crippen molar-refractivity contribution in [3.05, 3.63) is 66.3 Å². The van der Waals surface area contributed by atoms with Crippen LogP contribution in [0.3, 0.4) is 0 Å². The summed E-state index contributed by atoms with van der Waals surface area (Å²) in [6, 6.07) is 12.6. The smallest absolute Gasteiger partial charge is 0.253 e. The molecule has 2 amide bonds. The van der Waals surface area contributed by atoms with E-state index in [0.717, 1.165) is 6.42 Å². The molecule has 1 atom stereocenters. The van der Waals surface area contributed by atoms with Gasteiger partial charge in [-0.2, -0.15) is 0 Å². The molecule has 8 heteroatoms. The molecule has 0 aliphatic carbocycles. The number of halogens is 1. The standard InChI is InChI=1S/C21H19FN4O3/c22-17-8-6-14(7-9-17)21(28)26-10-2-4-16(12-26)19(27)24-18-5-1-3-15(11-18)20-25-23-13-29-20/h1,3,5-9,11,13,16H,2,4,10,12H2,(H,24,27)/t16-/m0/s1. The molecule has 1 aliphatic rings. The van der Waals surface area contributed by atoms with Crippen molar-refractivity contribution in [2.75, 3.05) is 18.4 Å². The van der Waals surface area contributed by atoms with E-state index in [1.165, 1.54) is 30.7 Å². The summed E-state index contributed by atoms with van der Waals surface area (Å²) in [6.45, 7) is 0.901. The van der Waals surface area contributed by atoms with Crippen molar-refractivity contribution in [1.82, 2.24) is 15.1 Å². The van der Waals surface area contributed by atoms with Gasteiger partial charge < -0.3 is 14.6 Å². The summed E-state index contributed by atoms with van der Waals surface area (Å²) < 4.78 is 18.3. The predicted molar refractivity (Wildman–Crippen MR) is 103 cm³/mol. The van der Waals surface area contributed by atoms with Gasteiger partial charge in [0.2, 0.25) is 18.2 Å². The van der Waals surface area contributed by atoms with Crippen LogP contribution in [0.25, 0.3) is 11.5 Å². The number of anilines is 1. The summed E-state index contributed by atoms with van der Waals surface area (Å²) in [7, 11) is 0. The first-order valence-corrected chi connectivity index (χ1v) is 9.32. The number of carbonyl (C=O) groups excluding carboxylic acids is 2. The first-order chi connectivity index (χ1) is 14.1. The number of rotatable bonds is 4. The number of piperidine rings is 1. The first-order valence-electron chi connectivity index (χ1n) is 9.32. The SMILES string of the molecule is O=C(Nc1cccc(-c2nnco2)c1)[C@H]1CCCN(C(=O)c2ccc(F)cc2)C1. The van der Waals surface area contributed by atoms with Gasteiger partial charge in [-0.3, -0.25) is 9.59 Å². The highest BCUT2D eigenvalue weighted by atomic mass is 19.1. The van der Waals surface area contributed by atoms with Crippen LogP contribution in [-0.2, 0) is 4.79 Å². The zero-order valence-electron chi connectivity index (χ0n) is 15.5. The molecule has 3 aromatic rings. The van der Waals surface area contributed by atoms with Crippen LogP contribution in [0.5, 0.6) is 0 Å². The average Bonchev–Trinajstić information content (AvgIpc) is 3.29. The lowest BCUT2D eigenvalue weighted by Gasteiger charge is -2.32. The number of likely N-dealkylation sites (tertiary alicyclic amines) is 1. The number of benzene rings is 2. The molecule has 0 saturated carbocycles. The fourth-order valence-electron chi connectivity index (χ4n) is 3.42. The Morgan fingerprint density at radius 2 is 2.00 bits per heavy atom. The van der Waals surface area contributed by atoms with E-state index < -0.39 is 0 Å². The van der Waals surface area contributed by atoms with Crippen molar-refractivity contribution < 1.29 is 18.4 Å². The van der Waals surface area contributed by atoms with Crippen LogP contribution in [0.2, 0.25) is 0 Å². The van der Waals surface area contributed by atoms with Crippen LogP contribution in [0.15, 0.2) is 59.3 Å². The quantitative estimate of drug-likeness (QED) is 0.733. The Morgan fingerprint density at radius 3 is 2.76 bits per heavy atom. The number of aromatic nitrogens is 2. The second-order valence-electron chi connectivity index (χ2n) is 6.91. The van der Waals surface area contributed by atoms with Gasteiger partial charge in [0.05, 0.1) is 5.92 Å². The zero-order valence-corrected chi connectivity index (χ0v) is 15.5. The Morgan fingerprint density at radius 1 is 1.17 bits per heavy atom. The molecule has 0 unspecified atom stereocenters. The van der Waals surface area contributed by atoms with Crippen molar-refractivity contribution >= 4 is 17.5 Å². The van der Waals surface area contributed by atoms with E-state index >= 15 is 0 Å². The Balaban J connectivity index is 1.42. The third kappa shape index (κ3) is 4.31. The number of nitrogens with zero attached hydrogens (tertiary/aromatic N) is 3. The molecule has 7 nitrogen and oxygen atoms in total. The molecule has 1 N–H and O–H groups in total. The molecule has 1 fully saturated rings. The molecule has 2 heterocycles. The third-order valence-corrected chi connectivity index (χ3v) is 4.91. The number of amides is 2. The molecule has 1 aliphatic heterocycles. The monoisotopic (exact) mass is 394 g/mol. The van der Waals surface area contributed by atoms with E-state index in [9.17, 15) is 14.0 Å². The van der Waals surface area contributed by atoms with Crippen molar-refractivity contribution in [2.45, 2.75) is 12.8 Å². The average molecular weight is 394 g/mol. The van der Waals surface area contributed by atoms with Gasteiger partial charge >= 0.3 is 0 Å². The maximum Gasteiger partial charge on any atom is 0.253 e. The Bertz CT molecular complexity index is 1010. The molecule has 0 radical (unpaired) electrons. The summed E-state index contributed by atoms with van der Waals surface area (Å²) in [4.78, 5) is 27.1. The fourth-order valence-corrected chi connectivity index (χ4v) is 3.42. The molecular formula is C21H19FN4O3. The highest BCUT2D eigenvalue weighted by molar-refractivity contribution is 5.96. The molecule has 148 valence electrons. The number of hydrogen-bond donors (Lipinski definition) is 1. The lowest BCUT2D eigenvalue weighted by Crippen LogP contribution is -2.43. The van der Waals surface area contributed by atoms with Crippen LogP contribution in [0.1, 0.15) is 23.2 Å². The second-order valence-corrected chi connectivity index (χ2v) is 6.91. The van der Waals surface area contributed by atoms with Gasteiger partial charge in [0.25, 0.3) is 5.91 Å². The van der Waals surface area contributed by atoms with Crippen molar-refractivity contribution in [2.24, 2.45) is 5.92 Å². The highest BCUT2D eigenvalue weighted by Crippen LogP contribution is 2.23. The maximum atomic E-state index is 13.1. The first kappa shape index (κ1) is 18.8. The van der Waals surface area contributed by atoms with E-state index in [1.54, 1.807) is 23.1 Å². The fraction of sp³-hybridized carbons (Fsp3) is 0.238. The van der Waals surface area contributed by atoms with Crippen LogP contribution >= 0.6 is 0 Å². The second kappa shape index (κ2) is 8.22. The minimum Gasteiger partial charge on any atom is -0.423 e. The van der Waals surface area contributed by atoms with Gasteiger partial charge in [0.15, 0.2) is 0 Å². The Labute approximate surface area is 166 Å². The maximum absolute atomic E-state index is 13.1. The molecule has 0 bridgehead atoms. The Hall–Kier alpha value is -3.55. The van der Waals surface area contributed by atoms with E-state index in [-0.39, 0.29) is 23.5 Å². The zero-order chi connectivity index (χ0) is 20.2. The largest absolute Gasteiger partial charge is 0.423 e. The predicted octanol–water partition coefficient (Wildman–Crippen LogP) is 3.37. The van der Waals surface area contributed by atoms with Crippen LogP contribution < -0.4 is 5.32 Å². The molecule has 4 rings (SSSR count). The molecule has 0 spiro atoms. The number of carbonyl (C=O) groups is 2. The Kier molecular flexibility index (Phi) is 5.33. The number of nitrogens with one attached hydrogen (secondary N) is 1. The van der Waals surface area contributed by atoms with E-state index in [4.69, 9.17) is 4.42 Å². The normalized spacial score (nSPS) is 16.4. The molecular weight excluding hydrogens is 375 g/mol. The lowest BCUT2D eigenvalue weighted by molar-refractivity contribution is -0.121. The summed E-state index contributed by atoms with van der Waals surface area (Å²) in [6.07, 6.45) is 2.67. The molecule has 1 saturated heterocycles. The van der Waals surface area contributed by atoms with Crippen molar-refractivity contribution in [3.63, 3.8) is 0 Å². The van der Waals surface area contributed by atoms with Gasteiger partial charge in [0, 0.05) is 29.9 Å². The molecule has 2 aromatic carbocycles. The van der Waals surface area contributed by atoms with Gasteiger partial charge in [-0.05, 0) is 55.3 Å². The van der Waals surface area contributed by atoms with Crippen molar-refractivity contribution in [1.29, 1.82) is 0 Å². The summed E-state index contributed by atoms with van der Waals surface area (Å²) in [5.41, 5.74) is 1.74. The summed E-state index contributed by atoms with van der Waals surface area (Å²) >= 11 is 0. The topological polar surface area (TPSA) is 88.3 Å². The van der Waals surface area contributed by atoms with E-state index in [0.29, 0.717) is 42.2 Å². The van der Waals surface area contributed by atoms with Gasteiger partial charge in [-0.1, -0.05) is 6.07 Å². The van der Waals surface area contributed by atoms with Gasteiger partial charge in [-0.15, -0.1) is 10.2 Å². The van der Waals surface area contributed by atoms with Crippen LogP contribution in [-0.4, -0.2) is 40.0 Å². The minimum atomic E-state index is -0.389. The summed E-state index contributed by atoms with van der Waals surface area (Å²) in [5.74, 6) is -0.680. The van der Waals surface area contributed by atoms with E-state index in [2.05, 4.69) is 15.5 Å².